The fraction of sp³-hybridized carbons (Fsp3) is 0. The molecule has 3 heteroatoms. The third-order valence-corrected chi connectivity index (χ3v) is 10.1. The number of aromatic nitrogens is 1. The molecule has 0 atom stereocenters. The monoisotopic (exact) mass is 652 g/mol. The van der Waals surface area contributed by atoms with Gasteiger partial charge in [-0.25, -0.2) is 0 Å². The Morgan fingerprint density at radius 3 is 2.10 bits per heavy atom. The van der Waals surface area contributed by atoms with Crippen LogP contribution in [0.15, 0.2) is 193 Å². The second kappa shape index (κ2) is 11.6. The van der Waals surface area contributed by atoms with Gasteiger partial charge in [0.2, 0.25) is 0 Å². The molecule has 0 aliphatic carbocycles. The summed E-state index contributed by atoms with van der Waals surface area (Å²) < 4.78 is 8.68. The summed E-state index contributed by atoms with van der Waals surface area (Å²) in [6.07, 6.45) is 8.37. The molecule has 2 aromatic heterocycles. The standard InChI is InChI=1S/C48H32N2O/c1-32-13-9-10-28-49(37-17-11-16-34(29-37)33-14-3-2-4-15-33)42-26-24-35(30-40(32)42)36-25-27-44-41(31-36)38-18-5-7-20-43(38)50(44)45-21-12-23-47-48(45)39-19-6-8-22-46(39)51-47/h2-31H,1H2/b13-9-,28-10-. The van der Waals surface area contributed by atoms with Gasteiger partial charge in [-0.15, -0.1) is 0 Å². The highest BCUT2D eigenvalue weighted by Crippen LogP contribution is 2.42. The Balaban J connectivity index is 1.12. The van der Waals surface area contributed by atoms with Crippen molar-refractivity contribution in [3.8, 4) is 27.9 Å². The number of nitrogens with zero attached hydrogens (tertiary/aromatic N) is 2. The summed E-state index contributed by atoms with van der Waals surface area (Å²) in [5.41, 5.74) is 14.2. The molecule has 0 bridgehead atoms. The zero-order valence-electron chi connectivity index (χ0n) is 27.8. The van der Waals surface area contributed by atoms with Gasteiger partial charge in [0.1, 0.15) is 11.2 Å². The van der Waals surface area contributed by atoms with E-state index in [1.54, 1.807) is 0 Å². The first-order valence-corrected chi connectivity index (χ1v) is 17.3. The molecule has 0 saturated heterocycles. The largest absolute Gasteiger partial charge is 0.456 e. The van der Waals surface area contributed by atoms with E-state index in [0.29, 0.717) is 0 Å². The van der Waals surface area contributed by atoms with Crippen molar-refractivity contribution in [3.63, 3.8) is 0 Å². The molecule has 51 heavy (non-hydrogen) atoms. The average Bonchev–Trinajstić information content (AvgIpc) is 3.73. The summed E-state index contributed by atoms with van der Waals surface area (Å²) in [5, 5.41) is 4.67. The van der Waals surface area contributed by atoms with Crippen molar-refractivity contribution < 1.29 is 4.42 Å². The van der Waals surface area contributed by atoms with E-state index < -0.39 is 0 Å². The number of furan rings is 1. The molecule has 3 nitrogen and oxygen atoms in total. The number of anilines is 2. The van der Waals surface area contributed by atoms with Gasteiger partial charge >= 0.3 is 0 Å². The molecule has 0 spiro atoms. The molecule has 240 valence electrons. The number of rotatable bonds is 4. The number of benzene rings is 7. The van der Waals surface area contributed by atoms with Crippen LogP contribution >= 0.6 is 0 Å². The first-order chi connectivity index (χ1) is 25.2. The van der Waals surface area contributed by atoms with Gasteiger partial charge in [-0.3, -0.25) is 0 Å². The van der Waals surface area contributed by atoms with Crippen molar-refractivity contribution in [1.29, 1.82) is 0 Å². The Hall–Kier alpha value is -6.84. The molecule has 0 saturated carbocycles. The molecule has 0 radical (unpaired) electrons. The maximum atomic E-state index is 6.29. The maximum absolute atomic E-state index is 6.29. The van der Waals surface area contributed by atoms with Gasteiger partial charge in [0, 0.05) is 33.6 Å². The van der Waals surface area contributed by atoms with E-state index in [9.17, 15) is 0 Å². The maximum Gasteiger partial charge on any atom is 0.137 e. The SMILES string of the molecule is C=C1/C=C\C=C/N(c2cccc(-c3ccccc3)c2)c2ccc(-c3ccc4c(c3)c3ccccc3n4-c3cccc4oc5ccccc5c34)cc21. The molecule has 0 N–H and O–H groups in total. The van der Waals surface area contributed by atoms with Crippen LogP contribution in [0.3, 0.4) is 0 Å². The first kappa shape index (κ1) is 29.1. The third kappa shape index (κ3) is 4.74. The highest BCUT2D eigenvalue weighted by atomic mass is 16.3. The van der Waals surface area contributed by atoms with Crippen molar-refractivity contribution in [2.45, 2.75) is 0 Å². The lowest BCUT2D eigenvalue weighted by molar-refractivity contribution is 0.669. The Bertz CT molecular complexity index is 2880. The molecule has 1 aliphatic heterocycles. The third-order valence-electron chi connectivity index (χ3n) is 10.1. The quantitative estimate of drug-likeness (QED) is 0.189. The lowest BCUT2D eigenvalue weighted by atomic mass is 9.95. The van der Waals surface area contributed by atoms with Crippen LogP contribution in [0.5, 0.6) is 0 Å². The predicted octanol–water partition coefficient (Wildman–Crippen LogP) is 13.3. The van der Waals surface area contributed by atoms with Gasteiger partial charge in [0.05, 0.1) is 27.8 Å². The predicted molar refractivity (Wildman–Crippen MR) is 215 cm³/mol. The Kier molecular flexibility index (Phi) is 6.65. The highest BCUT2D eigenvalue weighted by Gasteiger charge is 2.20. The van der Waals surface area contributed by atoms with Gasteiger partial charge in [-0.2, -0.15) is 0 Å². The van der Waals surface area contributed by atoms with E-state index in [1.807, 2.05) is 12.1 Å². The second-order valence-electron chi connectivity index (χ2n) is 13.1. The molecule has 0 unspecified atom stereocenters. The summed E-state index contributed by atoms with van der Waals surface area (Å²) in [6.45, 7) is 4.50. The van der Waals surface area contributed by atoms with Crippen molar-refractivity contribution >= 4 is 60.7 Å². The van der Waals surface area contributed by atoms with Gasteiger partial charge in [0.25, 0.3) is 0 Å². The molecule has 3 heterocycles. The minimum atomic E-state index is 0.891. The Morgan fingerprint density at radius 1 is 0.471 bits per heavy atom. The topological polar surface area (TPSA) is 21.3 Å². The molecule has 0 amide bonds. The van der Waals surface area contributed by atoms with Gasteiger partial charge in [-0.1, -0.05) is 116 Å². The minimum Gasteiger partial charge on any atom is -0.456 e. The number of fused-ring (bicyclic) bond motifs is 7. The molecule has 9 aromatic rings. The van der Waals surface area contributed by atoms with E-state index in [4.69, 9.17) is 4.42 Å². The highest BCUT2D eigenvalue weighted by molar-refractivity contribution is 6.15. The number of hydrogen-bond donors (Lipinski definition) is 0. The average molecular weight is 653 g/mol. The molecule has 7 aromatic carbocycles. The van der Waals surface area contributed by atoms with Gasteiger partial charge < -0.3 is 13.9 Å². The summed E-state index contributed by atoms with van der Waals surface area (Å²) >= 11 is 0. The van der Waals surface area contributed by atoms with Crippen molar-refractivity contribution in [2.75, 3.05) is 4.90 Å². The molecule has 10 rings (SSSR count). The van der Waals surface area contributed by atoms with Crippen LogP contribution in [-0.2, 0) is 0 Å². The van der Waals surface area contributed by atoms with Gasteiger partial charge in [-0.05, 0) is 94.6 Å². The van der Waals surface area contributed by atoms with E-state index in [-0.39, 0.29) is 0 Å². The first-order valence-electron chi connectivity index (χ1n) is 17.3. The summed E-state index contributed by atoms with van der Waals surface area (Å²) in [6, 6.07) is 56.2. The Morgan fingerprint density at radius 2 is 1.18 bits per heavy atom. The van der Waals surface area contributed by atoms with Crippen LogP contribution in [0.4, 0.5) is 11.4 Å². The van der Waals surface area contributed by atoms with E-state index >= 15 is 0 Å². The van der Waals surface area contributed by atoms with Crippen LogP contribution in [0.1, 0.15) is 5.56 Å². The fourth-order valence-corrected chi connectivity index (χ4v) is 7.71. The van der Waals surface area contributed by atoms with E-state index in [1.165, 1.54) is 27.4 Å². The molecule has 1 aliphatic rings. The normalized spacial score (nSPS) is 14.2. The summed E-state index contributed by atoms with van der Waals surface area (Å²) in [5.74, 6) is 0. The van der Waals surface area contributed by atoms with Crippen LogP contribution in [0, 0.1) is 0 Å². The lowest BCUT2D eigenvalue weighted by Gasteiger charge is -2.26. The number of hydrogen-bond acceptors (Lipinski definition) is 2. The van der Waals surface area contributed by atoms with Crippen LogP contribution in [-0.4, -0.2) is 4.57 Å². The smallest absolute Gasteiger partial charge is 0.137 e. The van der Waals surface area contributed by atoms with Crippen molar-refractivity contribution in [3.05, 3.63) is 194 Å². The molecular weight excluding hydrogens is 621 g/mol. The zero-order valence-corrected chi connectivity index (χ0v) is 27.8. The van der Waals surface area contributed by atoms with Crippen molar-refractivity contribution in [1.82, 2.24) is 4.57 Å². The van der Waals surface area contributed by atoms with Crippen LogP contribution in [0.2, 0.25) is 0 Å². The summed E-state index contributed by atoms with van der Waals surface area (Å²) in [4.78, 5) is 2.26. The summed E-state index contributed by atoms with van der Waals surface area (Å²) in [7, 11) is 0. The van der Waals surface area contributed by atoms with Crippen LogP contribution < -0.4 is 4.90 Å². The Labute approximate surface area is 295 Å². The van der Waals surface area contributed by atoms with Gasteiger partial charge in [0.15, 0.2) is 0 Å². The van der Waals surface area contributed by atoms with E-state index in [2.05, 4.69) is 186 Å². The second-order valence-corrected chi connectivity index (χ2v) is 13.1. The zero-order chi connectivity index (χ0) is 33.9. The fourth-order valence-electron chi connectivity index (χ4n) is 7.71. The number of allylic oxidation sites excluding steroid dienone is 4. The number of para-hydroxylation sites is 2. The van der Waals surface area contributed by atoms with Crippen LogP contribution in [0.25, 0.3) is 77.3 Å². The molecule has 0 fully saturated rings. The minimum absolute atomic E-state index is 0.891. The van der Waals surface area contributed by atoms with Crippen molar-refractivity contribution in [2.24, 2.45) is 0 Å². The lowest BCUT2D eigenvalue weighted by Crippen LogP contribution is -2.11. The van der Waals surface area contributed by atoms with E-state index in [0.717, 1.165) is 66.8 Å². The molecular formula is C48H32N2O.